The number of nitrogens with zero attached hydrogens (tertiary/aromatic N) is 4. The minimum Gasteiger partial charge on any atom is -0.394 e. The monoisotopic (exact) mass is 309 g/mol. The molecule has 1 aliphatic rings. The van der Waals surface area contributed by atoms with Gasteiger partial charge in [0, 0.05) is 18.3 Å². The van der Waals surface area contributed by atoms with Crippen LogP contribution >= 0.6 is 0 Å². The van der Waals surface area contributed by atoms with Crippen LogP contribution < -0.4 is 11.3 Å². The third-order valence-electron chi connectivity index (χ3n) is 3.56. The number of hydrogen-bond acceptors (Lipinski definition) is 5. The fraction of sp³-hybridized carbons (Fsp3) is 0.294. The number of aliphatic imine (C=N–C) groups is 1. The maximum Gasteiger partial charge on any atom is 0.274 e. The van der Waals surface area contributed by atoms with Crippen molar-refractivity contribution in [3.8, 4) is 0 Å². The molecule has 0 bridgehead atoms. The average Bonchev–Trinajstić information content (AvgIpc) is 2.86. The van der Waals surface area contributed by atoms with Gasteiger partial charge < -0.3 is 10.3 Å². The Morgan fingerprint density at radius 3 is 2.91 bits per heavy atom. The summed E-state index contributed by atoms with van der Waals surface area (Å²) in [5, 5.41) is 0. The van der Waals surface area contributed by atoms with E-state index in [1.54, 1.807) is 22.9 Å². The van der Waals surface area contributed by atoms with Crippen LogP contribution in [0.5, 0.6) is 0 Å². The number of fused-ring (bicyclic) bond motifs is 1. The largest absolute Gasteiger partial charge is 0.394 e. The van der Waals surface area contributed by atoms with Gasteiger partial charge in [-0.15, -0.1) is 0 Å². The number of nitrogens with two attached hydrogens (primary N) is 1. The van der Waals surface area contributed by atoms with E-state index in [0.29, 0.717) is 13.0 Å². The van der Waals surface area contributed by atoms with Crippen LogP contribution in [0.1, 0.15) is 31.1 Å². The summed E-state index contributed by atoms with van der Waals surface area (Å²) in [6, 6.07) is 3.36. The summed E-state index contributed by atoms with van der Waals surface area (Å²) in [6.45, 7) is 6.34. The molecule has 1 aliphatic heterocycles. The minimum atomic E-state index is -0.196. The van der Waals surface area contributed by atoms with Crippen molar-refractivity contribution in [1.29, 1.82) is 0 Å². The molecule has 0 saturated heterocycles. The van der Waals surface area contributed by atoms with E-state index in [2.05, 4.69) is 15.0 Å². The van der Waals surface area contributed by atoms with Gasteiger partial charge in [0.15, 0.2) is 0 Å². The van der Waals surface area contributed by atoms with Gasteiger partial charge in [-0.2, -0.15) is 0 Å². The van der Waals surface area contributed by atoms with Gasteiger partial charge in [0.1, 0.15) is 11.5 Å². The van der Waals surface area contributed by atoms with Crippen LogP contribution in [0.3, 0.4) is 0 Å². The van der Waals surface area contributed by atoms with Crippen molar-refractivity contribution in [3.05, 3.63) is 51.5 Å². The van der Waals surface area contributed by atoms with Crippen molar-refractivity contribution in [2.24, 2.45) is 4.99 Å². The van der Waals surface area contributed by atoms with E-state index in [-0.39, 0.29) is 11.2 Å². The van der Waals surface area contributed by atoms with Crippen molar-refractivity contribution in [2.75, 3.05) is 5.73 Å². The highest BCUT2D eigenvalue weighted by Crippen LogP contribution is 2.30. The smallest absolute Gasteiger partial charge is 0.274 e. The molecule has 118 valence electrons. The fourth-order valence-electron chi connectivity index (χ4n) is 2.63. The predicted octanol–water partition coefficient (Wildman–Crippen LogP) is 2.28. The van der Waals surface area contributed by atoms with E-state index in [9.17, 15) is 4.79 Å². The normalized spacial score (nSPS) is 12.7. The van der Waals surface area contributed by atoms with Crippen LogP contribution in [0.15, 0.2) is 33.7 Å². The summed E-state index contributed by atoms with van der Waals surface area (Å²) >= 11 is 0. The minimum absolute atomic E-state index is 0.196. The van der Waals surface area contributed by atoms with E-state index in [1.807, 2.05) is 26.8 Å². The van der Waals surface area contributed by atoms with Crippen molar-refractivity contribution < 1.29 is 0 Å². The van der Waals surface area contributed by atoms with Gasteiger partial charge in [0.2, 0.25) is 0 Å². The number of aromatic nitrogens is 3. The van der Waals surface area contributed by atoms with Gasteiger partial charge in [0.25, 0.3) is 5.56 Å². The molecule has 6 nitrogen and oxygen atoms in total. The third kappa shape index (κ3) is 3.06. The van der Waals surface area contributed by atoms with E-state index >= 15 is 0 Å². The molecular formula is C17H19N5O. The van der Waals surface area contributed by atoms with Crippen LogP contribution in [-0.2, 0) is 13.0 Å². The molecule has 2 aromatic rings. The zero-order valence-corrected chi connectivity index (χ0v) is 13.5. The average molecular weight is 309 g/mol. The SMILES string of the molecule is CC(C)=Cc1nc(C)nc2c1N=C(Cn1cccc(N)c1=O)C2. The van der Waals surface area contributed by atoms with Gasteiger partial charge in [-0.3, -0.25) is 9.79 Å². The van der Waals surface area contributed by atoms with Crippen LogP contribution in [0.4, 0.5) is 11.4 Å². The summed E-state index contributed by atoms with van der Waals surface area (Å²) < 4.78 is 1.57. The molecule has 2 N–H and O–H groups in total. The quantitative estimate of drug-likeness (QED) is 0.942. The molecule has 3 heterocycles. The Morgan fingerprint density at radius 2 is 2.17 bits per heavy atom. The number of nitrogen functional groups attached to an aromatic ring is 1. The first-order chi connectivity index (χ1) is 10.9. The lowest BCUT2D eigenvalue weighted by atomic mass is 10.1. The summed E-state index contributed by atoms with van der Waals surface area (Å²) in [4.78, 5) is 25.7. The van der Waals surface area contributed by atoms with Crippen LogP contribution in [0.2, 0.25) is 0 Å². The number of aryl methyl sites for hydroxylation is 1. The first kappa shape index (κ1) is 15.1. The molecule has 0 radical (unpaired) electrons. The zero-order valence-electron chi connectivity index (χ0n) is 13.5. The molecule has 0 aromatic carbocycles. The first-order valence-corrected chi connectivity index (χ1v) is 7.48. The Labute approximate surface area is 134 Å². The molecule has 0 aliphatic carbocycles. The standard InChI is InChI=1S/C17H19N5O/c1-10(2)7-14-16-15(20-11(3)19-14)8-12(21-16)9-22-6-4-5-13(18)17(22)23/h4-7H,8-9,18H2,1-3H3. The zero-order chi connectivity index (χ0) is 16.6. The number of anilines is 1. The van der Waals surface area contributed by atoms with Crippen molar-refractivity contribution >= 4 is 23.2 Å². The maximum atomic E-state index is 12.0. The van der Waals surface area contributed by atoms with Crippen molar-refractivity contribution in [1.82, 2.24) is 14.5 Å². The third-order valence-corrected chi connectivity index (χ3v) is 3.56. The van der Waals surface area contributed by atoms with Crippen LogP contribution in [0.25, 0.3) is 6.08 Å². The Kier molecular flexibility index (Phi) is 3.82. The fourth-order valence-corrected chi connectivity index (χ4v) is 2.63. The van der Waals surface area contributed by atoms with Gasteiger partial charge in [-0.25, -0.2) is 9.97 Å². The highest BCUT2D eigenvalue weighted by Gasteiger charge is 2.20. The Bertz CT molecular complexity index is 888. The lowest BCUT2D eigenvalue weighted by molar-refractivity contribution is 0.802. The first-order valence-electron chi connectivity index (χ1n) is 7.48. The Morgan fingerprint density at radius 1 is 1.39 bits per heavy atom. The number of rotatable bonds is 3. The van der Waals surface area contributed by atoms with E-state index < -0.39 is 0 Å². The molecule has 0 spiro atoms. The second-order valence-corrected chi connectivity index (χ2v) is 5.92. The highest BCUT2D eigenvalue weighted by atomic mass is 16.1. The molecule has 0 fully saturated rings. The summed E-state index contributed by atoms with van der Waals surface area (Å²) in [7, 11) is 0. The van der Waals surface area contributed by atoms with Crippen molar-refractivity contribution in [2.45, 2.75) is 33.7 Å². The van der Waals surface area contributed by atoms with Gasteiger partial charge in [-0.05, 0) is 39.0 Å². The predicted molar refractivity (Wildman–Crippen MR) is 92.0 cm³/mol. The second kappa shape index (κ2) is 5.79. The molecule has 0 atom stereocenters. The van der Waals surface area contributed by atoms with Crippen LogP contribution in [0, 0.1) is 6.92 Å². The number of hydrogen-bond donors (Lipinski definition) is 1. The van der Waals surface area contributed by atoms with Gasteiger partial charge in [0.05, 0.1) is 23.6 Å². The van der Waals surface area contributed by atoms with Gasteiger partial charge in [-0.1, -0.05) is 5.57 Å². The van der Waals surface area contributed by atoms with Crippen LogP contribution in [-0.4, -0.2) is 20.2 Å². The van der Waals surface area contributed by atoms with E-state index in [1.165, 1.54) is 0 Å². The molecule has 0 amide bonds. The lowest BCUT2D eigenvalue weighted by Gasteiger charge is -2.05. The van der Waals surface area contributed by atoms with E-state index in [0.717, 1.165) is 34.2 Å². The molecule has 23 heavy (non-hydrogen) atoms. The molecular weight excluding hydrogens is 290 g/mol. The number of pyridine rings is 1. The Hall–Kier alpha value is -2.76. The lowest BCUT2D eigenvalue weighted by Crippen LogP contribution is -2.25. The molecule has 0 saturated carbocycles. The summed E-state index contributed by atoms with van der Waals surface area (Å²) in [5.74, 6) is 0.730. The molecule has 6 heteroatoms. The maximum absolute atomic E-state index is 12.0. The molecule has 3 rings (SSSR count). The second-order valence-electron chi connectivity index (χ2n) is 5.92. The summed E-state index contributed by atoms with van der Waals surface area (Å²) in [6.07, 6.45) is 4.36. The number of allylic oxidation sites excluding steroid dienone is 1. The van der Waals surface area contributed by atoms with Gasteiger partial charge >= 0.3 is 0 Å². The molecule has 2 aromatic heterocycles. The van der Waals surface area contributed by atoms with Crippen molar-refractivity contribution in [3.63, 3.8) is 0 Å². The Balaban J connectivity index is 1.97. The highest BCUT2D eigenvalue weighted by molar-refractivity contribution is 5.94. The van der Waals surface area contributed by atoms with E-state index in [4.69, 9.17) is 5.73 Å². The molecule has 0 unspecified atom stereocenters. The summed E-state index contributed by atoms with van der Waals surface area (Å²) in [5.41, 5.74) is 10.3. The topological polar surface area (TPSA) is 86.2 Å².